The van der Waals surface area contributed by atoms with E-state index in [2.05, 4.69) is 0 Å². The summed E-state index contributed by atoms with van der Waals surface area (Å²) in [5, 5.41) is 30.9. The molecule has 1 aliphatic rings. The number of rotatable bonds is 3. The fourth-order valence-electron chi connectivity index (χ4n) is 3.77. The molecule has 2 aromatic carbocycles. The van der Waals surface area contributed by atoms with E-state index >= 15 is 0 Å². The molecule has 0 spiro atoms. The van der Waals surface area contributed by atoms with Gasteiger partial charge in [0.15, 0.2) is 0 Å². The molecule has 1 aliphatic heterocycles. The highest BCUT2D eigenvalue weighted by Crippen LogP contribution is 2.46. The summed E-state index contributed by atoms with van der Waals surface area (Å²) in [6.07, 6.45) is 3.29. The van der Waals surface area contributed by atoms with Crippen LogP contribution in [-0.2, 0) is 6.42 Å². The van der Waals surface area contributed by atoms with Gasteiger partial charge in [0, 0.05) is 17.7 Å². The first-order valence-corrected chi connectivity index (χ1v) is 10.00. The highest BCUT2D eigenvalue weighted by molar-refractivity contribution is 5.91. The van der Waals surface area contributed by atoms with Crippen molar-refractivity contribution < 1.29 is 24.5 Å². The highest BCUT2D eigenvalue weighted by Gasteiger charge is 2.32. The Balaban J connectivity index is 2.13. The molecule has 0 amide bonds. The molecular formula is C25H24O6. The van der Waals surface area contributed by atoms with Crippen LogP contribution in [0.2, 0.25) is 0 Å². The van der Waals surface area contributed by atoms with Crippen LogP contribution in [0.3, 0.4) is 0 Å². The van der Waals surface area contributed by atoms with E-state index in [1.54, 1.807) is 12.1 Å². The van der Waals surface area contributed by atoms with Gasteiger partial charge in [0.1, 0.15) is 45.8 Å². The van der Waals surface area contributed by atoms with Gasteiger partial charge in [-0.15, -0.1) is 0 Å². The van der Waals surface area contributed by atoms with Crippen molar-refractivity contribution in [2.24, 2.45) is 0 Å². The van der Waals surface area contributed by atoms with Crippen molar-refractivity contribution in [2.45, 2.75) is 40.2 Å². The molecule has 2 heterocycles. The lowest BCUT2D eigenvalue weighted by Gasteiger charge is -2.26. The Hall–Kier alpha value is -3.67. The number of benzene rings is 2. The van der Waals surface area contributed by atoms with Crippen LogP contribution in [0.4, 0.5) is 0 Å². The van der Waals surface area contributed by atoms with Crippen molar-refractivity contribution in [1.82, 2.24) is 0 Å². The maximum absolute atomic E-state index is 13.6. The lowest BCUT2D eigenvalue weighted by molar-refractivity contribution is 0.243. The number of hydrogen-bond donors (Lipinski definition) is 3. The smallest absolute Gasteiger partial charge is 0.204 e. The zero-order valence-electron chi connectivity index (χ0n) is 17.8. The predicted molar refractivity (Wildman–Crippen MR) is 119 cm³/mol. The molecule has 4 rings (SSSR count). The Morgan fingerprint density at radius 1 is 1.03 bits per heavy atom. The van der Waals surface area contributed by atoms with Gasteiger partial charge in [0.2, 0.25) is 5.43 Å². The summed E-state index contributed by atoms with van der Waals surface area (Å²) >= 11 is 0. The molecule has 6 nitrogen and oxygen atoms in total. The minimum absolute atomic E-state index is 0.00619. The van der Waals surface area contributed by atoms with Gasteiger partial charge in [0.05, 0.1) is 11.1 Å². The number of phenolic OH excluding ortho intramolecular Hbond substituents is 3. The second-order valence-electron chi connectivity index (χ2n) is 8.22. The van der Waals surface area contributed by atoms with Crippen molar-refractivity contribution >= 4 is 11.0 Å². The number of allylic oxidation sites excluding steroid dienone is 3. The average molecular weight is 420 g/mol. The molecule has 0 bridgehead atoms. The van der Waals surface area contributed by atoms with E-state index in [0.717, 1.165) is 11.1 Å². The molecule has 0 fully saturated rings. The first-order chi connectivity index (χ1) is 14.7. The maximum Gasteiger partial charge on any atom is 0.204 e. The summed E-state index contributed by atoms with van der Waals surface area (Å²) in [7, 11) is 0. The summed E-state index contributed by atoms with van der Waals surface area (Å²) in [6, 6.07) is 5.75. The Labute approximate surface area is 179 Å². The fraction of sp³-hybridized carbons (Fsp3) is 0.240. The molecule has 0 radical (unpaired) electrons. The van der Waals surface area contributed by atoms with E-state index in [1.165, 1.54) is 18.2 Å². The van der Waals surface area contributed by atoms with Gasteiger partial charge in [-0.05, 0) is 52.3 Å². The third-order valence-corrected chi connectivity index (χ3v) is 5.21. The minimum Gasteiger partial charge on any atom is -0.508 e. The van der Waals surface area contributed by atoms with Gasteiger partial charge in [-0.2, -0.15) is 0 Å². The van der Waals surface area contributed by atoms with Crippen LogP contribution in [0.15, 0.2) is 56.8 Å². The van der Waals surface area contributed by atoms with Crippen molar-refractivity contribution in [3.63, 3.8) is 0 Å². The van der Waals surface area contributed by atoms with Crippen LogP contribution in [0.25, 0.3) is 22.3 Å². The van der Waals surface area contributed by atoms with Crippen molar-refractivity contribution in [3.8, 4) is 34.3 Å². The van der Waals surface area contributed by atoms with E-state index in [1.807, 2.05) is 33.8 Å². The van der Waals surface area contributed by atoms with Crippen LogP contribution < -0.4 is 10.2 Å². The zero-order chi connectivity index (χ0) is 22.4. The van der Waals surface area contributed by atoms with Crippen LogP contribution in [0.5, 0.6) is 23.0 Å². The van der Waals surface area contributed by atoms with E-state index in [0.29, 0.717) is 29.1 Å². The van der Waals surface area contributed by atoms with Gasteiger partial charge < -0.3 is 24.5 Å². The molecule has 3 N–H and O–H groups in total. The largest absolute Gasteiger partial charge is 0.508 e. The van der Waals surface area contributed by atoms with E-state index in [9.17, 15) is 20.1 Å². The minimum atomic E-state index is -0.746. The summed E-state index contributed by atoms with van der Waals surface area (Å²) in [5.41, 5.74) is 2.88. The van der Waals surface area contributed by atoms with Crippen LogP contribution in [0.1, 0.15) is 44.9 Å². The maximum atomic E-state index is 13.6. The average Bonchev–Trinajstić information content (AvgIpc) is 2.66. The molecule has 31 heavy (non-hydrogen) atoms. The van der Waals surface area contributed by atoms with Crippen molar-refractivity contribution in [1.29, 1.82) is 0 Å². The Morgan fingerprint density at radius 3 is 2.45 bits per heavy atom. The first kappa shape index (κ1) is 20.6. The number of phenols is 3. The third-order valence-electron chi connectivity index (χ3n) is 5.21. The molecule has 160 valence electrons. The fourth-order valence-corrected chi connectivity index (χ4v) is 3.77. The van der Waals surface area contributed by atoms with E-state index in [-0.39, 0.29) is 33.8 Å². The molecule has 0 unspecified atom stereocenters. The van der Waals surface area contributed by atoms with Crippen LogP contribution >= 0.6 is 0 Å². The summed E-state index contributed by atoms with van der Waals surface area (Å²) in [4.78, 5) is 13.6. The van der Waals surface area contributed by atoms with Crippen molar-refractivity contribution in [2.75, 3.05) is 0 Å². The Kier molecular flexibility index (Phi) is 5.01. The van der Waals surface area contributed by atoms with Gasteiger partial charge in [-0.3, -0.25) is 4.79 Å². The van der Waals surface area contributed by atoms with Gasteiger partial charge in [0.25, 0.3) is 0 Å². The topological polar surface area (TPSA) is 100 Å². The van der Waals surface area contributed by atoms with Gasteiger partial charge >= 0.3 is 0 Å². The van der Waals surface area contributed by atoms with Gasteiger partial charge in [-0.1, -0.05) is 17.2 Å². The van der Waals surface area contributed by atoms with Crippen LogP contribution in [0, 0.1) is 0 Å². The highest BCUT2D eigenvalue weighted by atomic mass is 16.5. The first-order valence-electron chi connectivity index (χ1n) is 10.00. The quantitative estimate of drug-likeness (QED) is 0.485. The SMILES string of the molecule is CC(C)=CCc1c(O)cc(O)c2c(=O)c3c(oc12)-c1ccc(O)cc1O[C@@H]3C=C(C)C. The second kappa shape index (κ2) is 7.54. The van der Waals surface area contributed by atoms with Crippen LogP contribution in [-0.4, -0.2) is 15.3 Å². The molecule has 0 saturated carbocycles. The molecular weight excluding hydrogens is 396 g/mol. The molecule has 6 heteroatoms. The summed E-state index contributed by atoms with van der Waals surface area (Å²) < 4.78 is 12.2. The summed E-state index contributed by atoms with van der Waals surface area (Å²) in [5.74, 6) is 0.208. The Morgan fingerprint density at radius 2 is 1.77 bits per heavy atom. The van der Waals surface area contributed by atoms with E-state index < -0.39 is 11.5 Å². The van der Waals surface area contributed by atoms with Gasteiger partial charge in [-0.25, -0.2) is 0 Å². The predicted octanol–water partition coefficient (Wildman–Crippen LogP) is 5.49. The molecule has 1 aromatic heterocycles. The number of fused-ring (bicyclic) bond motifs is 4. The lowest BCUT2D eigenvalue weighted by Crippen LogP contribution is -2.22. The van der Waals surface area contributed by atoms with E-state index in [4.69, 9.17) is 9.15 Å². The molecule has 0 saturated heterocycles. The molecule has 1 atom stereocenters. The third kappa shape index (κ3) is 3.54. The standard InChI is InChI=1S/C25H24O6/c1-12(2)5-7-15-17(27)11-18(28)21-23(29)22-20(9-13(3)4)30-19-10-14(26)6-8-16(19)25(22)31-24(15)21/h5-6,8-11,20,26-28H,7H2,1-4H3/t20-/m1/s1. The number of hydrogen-bond acceptors (Lipinski definition) is 6. The number of ether oxygens (including phenoxy) is 1. The number of aromatic hydroxyl groups is 3. The molecule has 3 aromatic rings. The summed E-state index contributed by atoms with van der Waals surface area (Å²) in [6.45, 7) is 7.64. The second-order valence-corrected chi connectivity index (χ2v) is 8.22. The normalized spacial score (nSPS) is 14.4. The van der Waals surface area contributed by atoms with Crippen molar-refractivity contribution in [3.05, 3.63) is 68.9 Å². The molecule has 0 aliphatic carbocycles. The monoisotopic (exact) mass is 420 g/mol. The Bertz CT molecular complexity index is 1320. The zero-order valence-corrected chi connectivity index (χ0v) is 17.8. The lowest BCUT2D eigenvalue weighted by atomic mass is 9.94.